The molecule has 2 unspecified atom stereocenters. The standard InChI is InChI=1S/C13H22N4O2S2/c1-5-9(3)10(4)16-21(18,19)12-11(14-6-2)15-13-17(12)7-8-20-13/h7-10,14,16H,5-6H2,1-4H3. The van der Waals surface area contributed by atoms with Gasteiger partial charge in [0.2, 0.25) is 0 Å². The molecule has 0 aliphatic rings. The van der Waals surface area contributed by atoms with Crippen molar-refractivity contribution in [2.45, 2.75) is 45.2 Å². The molecule has 2 aromatic rings. The van der Waals surface area contributed by atoms with Gasteiger partial charge in [0.25, 0.3) is 10.0 Å². The van der Waals surface area contributed by atoms with Crippen LogP contribution in [0.3, 0.4) is 0 Å². The van der Waals surface area contributed by atoms with Gasteiger partial charge in [-0.2, -0.15) is 0 Å². The van der Waals surface area contributed by atoms with Gasteiger partial charge in [-0.05, 0) is 19.8 Å². The van der Waals surface area contributed by atoms with E-state index in [1.54, 1.807) is 10.6 Å². The maximum atomic E-state index is 12.7. The highest BCUT2D eigenvalue weighted by Crippen LogP contribution is 2.26. The second-order valence-electron chi connectivity index (χ2n) is 5.15. The van der Waals surface area contributed by atoms with E-state index in [-0.39, 0.29) is 17.0 Å². The van der Waals surface area contributed by atoms with Gasteiger partial charge < -0.3 is 5.32 Å². The van der Waals surface area contributed by atoms with Crippen molar-refractivity contribution in [3.63, 3.8) is 0 Å². The molecule has 0 spiro atoms. The second-order valence-corrected chi connectivity index (χ2v) is 7.65. The molecule has 0 aliphatic carbocycles. The summed E-state index contributed by atoms with van der Waals surface area (Å²) in [6.45, 7) is 8.52. The van der Waals surface area contributed by atoms with E-state index < -0.39 is 10.0 Å². The molecule has 21 heavy (non-hydrogen) atoms. The predicted molar refractivity (Wildman–Crippen MR) is 86.5 cm³/mol. The average Bonchev–Trinajstić information content (AvgIpc) is 2.97. The third kappa shape index (κ3) is 3.22. The number of rotatable bonds is 7. The monoisotopic (exact) mass is 330 g/mol. The summed E-state index contributed by atoms with van der Waals surface area (Å²) < 4.78 is 29.8. The number of thiazole rings is 1. The molecule has 2 rings (SSSR count). The first-order chi connectivity index (χ1) is 9.90. The van der Waals surface area contributed by atoms with Crippen LogP contribution in [0.4, 0.5) is 5.82 Å². The van der Waals surface area contributed by atoms with Crippen LogP contribution < -0.4 is 10.0 Å². The van der Waals surface area contributed by atoms with E-state index in [9.17, 15) is 8.42 Å². The molecule has 0 bridgehead atoms. The summed E-state index contributed by atoms with van der Waals surface area (Å²) in [5.74, 6) is 0.682. The third-order valence-electron chi connectivity index (χ3n) is 3.66. The molecule has 0 amide bonds. The number of aromatic nitrogens is 2. The molecule has 2 heterocycles. The molecule has 2 N–H and O–H groups in total. The highest BCUT2D eigenvalue weighted by atomic mass is 32.2. The van der Waals surface area contributed by atoms with Gasteiger partial charge in [0, 0.05) is 24.2 Å². The van der Waals surface area contributed by atoms with Gasteiger partial charge >= 0.3 is 0 Å². The number of hydrogen-bond acceptors (Lipinski definition) is 5. The third-order valence-corrected chi connectivity index (χ3v) is 5.99. The fourth-order valence-corrected chi connectivity index (χ4v) is 4.46. The minimum absolute atomic E-state index is 0.126. The molecule has 6 nitrogen and oxygen atoms in total. The maximum Gasteiger partial charge on any atom is 0.260 e. The molecule has 0 saturated heterocycles. The van der Waals surface area contributed by atoms with Crippen molar-refractivity contribution in [3.05, 3.63) is 11.6 Å². The molecule has 0 fully saturated rings. The number of anilines is 1. The summed E-state index contributed by atoms with van der Waals surface area (Å²) in [5.41, 5.74) is 0. The quantitative estimate of drug-likeness (QED) is 0.818. The Hall–Kier alpha value is -1.12. The van der Waals surface area contributed by atoms with Crippen LogP contribution in [0.2, 0.25) is 0 Å². The van der Waals surface area contributed by atoms with E-state index in [1.807, 2.05) is 26.2 Å². The Bertz CT molecular complexity index is 705. The first-order valence-corrected chi connectivity index (χ1v) is 9.48. The largest absolute Gasteiger partial charge is 0.368 e. The van der Waals surface area contributed by atoms with Crippen LogP contribution in [0, 0.1) is 5.92 Å². The minimum atomic E-state index is -3.63. The second kappa shape index (κ2) is 6.33. The zero-order valence-corrected chi connectivity index (χ0v) is 14.4. The summed E-state index contributed by atoms with van der Waals surface area (Å²) in [6, 6.07) is -0.126. The van der Waals surface area contributed by atoms with Crippen molar-refractivity contribution in [1.82, 2.24) is 14.1 Å². The fourth-order valence-electron chi connectivity index (χ4n) is 2.07. The molecule has 0 radical (unpaired) electrons. The van der Waals surface area contributed by atoms with E-state index >= 15 is 0 Å². The molecule has 2 atom stereocenters. The lowest BCUT2D eigenvalue weighted by Crippen LogP contribution is -2.37. The molecule has 2 aromatic heterocycles. The Balaban J connectivity index is 2.43. The lowest BCUT2D eigenvalue weighted by Gasteiger charge is -2.19. The Morgan fingerprint density at radius 2 is 2.10 bits per heavy atom. The van der Waals surface area contributed by atoms with Crippen LogP contribution in [-0.4, -0.2) is 30.4 Å². The summed E-state index contributed by atoms with van der Waals surface area (Å²) in [4.78, 5) is 5.02. The first-order valence-electron chi connectivity index (χ1n) is 7.12. The SMILES string of the molecule is CCNc1nc2sccn2c1S(=O)(=O)NC(C)C(C)CC. The van der Waals surface area contributed by atoms with Crippen molar-refractivity contribution in [3.8, 4) is 0 Å². The van der Waals surface area contributed by atoms with Crippen LogP contribution in [0.5, 0.6) is 0 Å². The molecule has 0 saturated carbocycles. The van der Waals surface area contributed by atoms with Crippen LogP contribution in [0.1, 0.15) is 34.1 Å². The smallest absolute Gasteiger partial charge is 0.260 e. The summed E-state index contributed by atoms with van der Waals surface area (Å²) in [5, 5.41) is 5.05. The van der Waals surface area contributed by atoms with E-state index in [0.717, 1.165) is 6.42 Å². The normalized spacial score (nSPS) is 15.2. The molecule has 0 aromatic carbocycles. The molecular weight excluding hydrogens is 308 g/mol. The van der Waals surface area contributed by atoms with E-state index in [0.29, 0.717) is 17.3 Å². The highest BCUT2D eigenvalue weighted by Gasteiger charge is 2.28. The van der Waals surface area contributed by atoms with Crippen LogP contribution in [0.15, 0.2) is 16.6 Å². The number of hydrogen-bond donors (Lipinski definition) is 2. The molecule has 0 aliphatic heterocycles. The van der Waals surface area contributed by atoms with E-state index in [2.05, 4.69) is 21.9 Å². The number of nitrogens with zero attached hydrogens (tertiary/aromatic N) is 2. The Labute approximate surface area is 129 Å². The van der Waals surface area contributed by atoms with Crippen molar-refractivity contribution < 1.29 is 8.42 Å². The van der Waals surface area contributed by atoms with Gasteiger partial charge in [-0.15, -0.1) is 11.3 Å². The summed E-state index contributed by atoms with van der Waals surface area (Å²) in [6.07, 6.45) is 2.65. The Kier molecular flexibility index (Phi) is 4.90. The van der Waals surface area contributed by atoms with Gasteiger partial charge in [-0.3, -0.25) is 4.40 Å². The number of fused-ring (bicyclic) bond motifs is 1. The van der Waals surface area contributed by atoms with E-state index in [4.69, 9.17) is 0 Å². The number of imidazole rings is 1. The van der Waals surface area contributed by atoms with Gasteiger partial charge in [-0.1, -0.05) is 20.3 Å². The zero-order valence-electron chi connectivity index (χ0n) is 12.8. The lowest BCUT2D eigenvalue weighted by atomic mass is 10.0. The van der Waals surface area contributed by atoms with Gasteiger partial charge in [0.15, 0.2) is 15.8 Å². The zero-order chi connectivity index (χ0) is 15.6. The average molecular weight is 330 g/mol. The molecule has 8 heteroatoms. The van der Waals surface area contributed by atoms with Crippen molar-refractivity contribution in [1.29, 1.82) is 0 Å². The van der Waals surface area contributed by atoms with Crippen molar-refractivity contribution in [2.24, 2.45) is 5.92 Å². The summed E-state index contributed by atoms with van der Waals surface area (Å²) in [7, 11) is -3.63. The predicted octanol–water partition coefficient (Wildman–Crippen LogP) is 2.54. The van der Waals surface area contributed by atoms with Crippen LogP contribution >= 0.6 is 11.3 Å². The topological polar surface area (TPSA) is 75.5 Å². The minimum Gasteiger partial charge on any atom is -0.368 e. The summed E-state index contributed by atoms with van der Waals surface area (Å²) >= 11 is 1.41. The molecular formula is C13H22N4O2S2. The number of nitrogens with one attached hydrogen (secondary N) is 2. The Morgan fingerprint density at radius 1 is 1.38 bits per heavy atom. The van der Waals surface area contributed by atoms with Gasteiger partial charge in [0.05, 0.1) is 0 Å². The van der Waals surface area contributed by atoms with E-state index in [1.165, 1.54) is 11.3 Å². The fraction of sp³-hybridized carbons (Fsp3) is 0.615. The highest BCUT2D eigenvalue weighted by molar-refractivity contribution is 7.89. The molecule has 118 valence electrons. The van der Waals surface area contributed by atoms with Crippen molar-refractivity contribution >= 4 is 32.1 Å². The first kappa shape index (κ1) is 16.3. The van der Waals surface area contributed by atoms with Crippen LogP contribution in [-0.2, 0) is 10.0 Å². The van der Waals surface area contributed by atoms with Gasteiger partial charge in [0.1, 0.15) is 0 Å². The van der Waals surface area contributed by atoms with Crippen LogP contribution in [0.25, 0.3) is 4.96 Å². The lowest BCUT2D eigenvalue weighted by molar-refractivity contribution is 0.433. The number of sulfonamides is 1. The van der Waals surface area contributed by atoms with Gasteiger partial charge in [-0.25, -0.2) is 18.1 Å². The van der Waals surface area contributed by atoms with Crippen molar-refractivity contribution in [2.75, 3.05) is 11.9 Å². The maximum absolute atomic E-state index is 12.7. The Morgan fingerprint density at radius 3 is 2.71 bits per heavy atom.